The SMILES string of the molecule is CCN1CCN(CC#CCOC2CCN(c3ncc(Cl)cn3)CC2)CC1. The summed E-state index contributed by atoms with van der Waals surface area (Å²) < 4.78 is 5.92. The van der Waals surface area contributed by atoms with Gasteiger partial charge in [-0.1, -0.05) is 30.4 Å². The van der Waals surface area contributed by atoms with Crippen molar-refractivity contribution in [2.45, 2.75) is 25.9 Å². The quantitative estimate of drug-likeness (QED) is 0.728. The van der Waals surface area contributed by atoms with Crippen molar-refractivity contribution in [2.75, 3.05) is 63.9 Å². The highest BCUT2D eigenvalue weighted by molar-refractivity contribution is 6.30. The van der Waals surface area contributed by atoms with Gasteiger partial charge in [0.2, 0.25) is 5.95 Å². The van der Waals surface area contributed by atoms with E-state index in [1.807, 2.05) is 0 Å². The zero-order valence-electron chi connectivity index (χ0n) is 15.5. The molecule has 0 radical (unpaired) electrons. The van der Waals surface area contributed by atoms with Crippen molar-refractivity contribution in [3.63, 3.8) is 0 Å². The Morgan fingerprint density at radius 1 is 1.04 bits per heavy atom. The first-order valence-corrected chi connectivity index (χ1v) is 9.87. The number of ether oxygens (including phenoxy) is 1. The second-order valence-corrected chi connectivity index (χ2v) is 7.20. The molecule has 0 unspecified atom stereocenters. The highest BCUT2D eigenvalue weighted by atomic mass is 35.5. The van der Waals surface area contributed by atoms with Crippen LogP contribution in [0.15, 0.2) is 12.4 Å². The zero-order chi connectivity index (χ0) is 18.2. The summed E-state index contributed by atoms with van der Waals surface area (Å²) in [6.45, 7) is 11.1. The standard InChI is InChI=1S/C19H28ClN5O/c1-2-23-10-12-24(13-11-23)7-3-4-14-26-18-5-8-25(9-6-18)19-21-15-17(20)16-22-19/h15-16,18H,2,5-14H2,1H3. The first-order valence-electron chi connectivity index (χ1n) is 9.49. The summed E-state index contributed by atoms with van der Waals surface area (Å²) in [6, 6.07) is 0. The minimum atomic E-state index is 0.279. The minimum absolute atomic E-state index is 0.279. The summed E-state index contributed by atoms with van der Waals surface area (Å²) in [5, 5.41) is 0.567. The number of nitrogens with zero attached hydrogens (tertiary/aromatic N) is 5. The van der Waals surface area contributed by atoms with E-state index in [9.17, 15) is 0 Å². The molecule has 7 heteroatoms. The minimum Gasteiger partial charge on any atom is -0.365 e. The lowest BCUT2D eigenvalue weighted by atomic mass is 10.1. The van der Waals surface area contributed by atoms with E-state index in [1.165, 1.54) is 0 Å². The lowest BCUT2D eigenvalue weighted by Gasteiger charge is -2.32. The molecule has 0 amide bonds. The monoisotopic (exact) mass is 377 g/mol. The largest absolute Gasteiger partial charge is 0.365 e. The number of aromatic nitrogens is 2. The highest BCUT2D eigenvalue weighted by Gasteiger charge is 2.21. The van der Waals surface area contributed by atoms with Gasteiger partial charge in [0.15, 0.2) is 0 Å². The van der Waals surface area contributed by atoms with Crippen molar-refractivity contribution >= 4 is 17.5 Å². The molecule has 0 aliphatic carbocycles. The Bertz CT molecular complexity index is 599. The normalized spacial score (nSPS) is 20.0. The van der Waals surface area contributed by atoms with Crippen LogP contribution in [-0.2, 0) is 4.74 Å². The molecule has 142 valence electrons. The topological polar surface area (TPSA) is 44.7 Å². The van der Waals surface area contributed by atoms with Crippen LogP contribution < -0.4 is 4.90 Å². The Balaban J connectivity index is 1.30. The number of halogens is 1. The Morgan fingerprint density at radius 3 is 2.35 bits per heavy atom. The van der Waals surface area contributed by atoms with Gasteiger partial charge in [-0.25, -0.2) is 9.97 Å². The van der Waals surface area contributed by atoms with E-state index in [0.717, 1.165) is 71.1 Å². The second kappa shape index (κ2) is 10.1. The van der Waals surface area contributed by atoms with Gasteiger partial charge in [0, 0.05) is 39.3 Å². The summed E-state index contributed by atoms with van der Waals surface area (Å²) >= 11 is 5.84. The van der Waals surface area contributed by atoms with E-state index in [4.69, 9.17) is 16.3 Å². The van der Waals surface area contributed by atoms with E-state index < -0.39 is 0 Å². The third-order valence-electron chi connectivity index (χ3n) is 5.06. The molecule has 6 nitrogen and oxygen atoms in total. The molecule has 1 aromatic heterocycles. The first kappa shape index (κ1) is 19.4. The van der Waals surface area contributed by atoms with Gasteiger partial charge >= 0.3 is 0 Å². The van der Waals surface area contributed by atoms with E-state index in [-0.39, 0.29) is 6.10 Å². The van der Waals surface area contributed by atoms with Crippen molar-refractivity contribution in [2.24, 2.45) is 0 Å². The smallest absolute Gasteiger partial charge is 0.225 e. The Kier molecular flexibility index (Phi) is 7.51. The fourth-order valence-corrected chi connectivity index (χ4v) is 3.43. The van der Waals surface area contributed by atoms with Crippen molar-refractivity contribution in [3.8, 4) is 11.8 Å². The fraction of sp³-hybridized carbons (Fsp3) is 0.684. The summed E-state index contributed by atoms with van der Waals surface area (Å²) in [7, 11) is 0. The Hall–Kier alpha value is -1.39. The number of hydrogen-bond donors (Lipinski definition) is 0. The molecule has 0 saturated carbocycles. The van der Waals surface area contributed by atoms with Crippen LogP contribution in [0, 0.1) is 11.8 Å². The van der Waals surface area contributed by atoms with Gasteiger partial charge in [-0.05, 0) is 19.4 Å². The van der Waals surface area contributed by atoms with Crippen molar-refractivity contribution in [3.05, 3.63) is 17.4 Å². The summed E-state index contributed by atoms with van der Waals surface area (Å²) in [5.74, 6) is 7.18. The molecule has 0 aromatic carbocycles. The van der Waals surface area contributed by atoms with Gasteiger partial charge in [0.25, 0.3) is 0 Å². The van der Waals surface area contributed by atoms with Crippen LogP contribution >= 0.6 is 11.6 Å². The second-order valence-electron chi connectivity index (χ2n) is 6.76. The van der Waals surface area contributed by atoms with Gasteiger partial charge in [-0.2, -0.15) is 0 Å². The van der Waals surface area contributed by atoms with Crippen molar-refractivity contribution in [1.82, 2.24) is 19.8 Å². The average molecular weight is 378 g/mol. The van der Waals surface area contributed by atoms with Crippen molar-refractivity contribution < 1.29 is 4.74 Å². The third kappa shape index (κ3) is 5.82. The van der Waals surface area contributed by atoms with Gasteiger partial charge in [-0.3, -0.25) is 4.90 Å². The maximum absolute atomic E-state index is 5.92. The van der Waals surface area contributed by atoms with E-state index in [1.54, 1.807) is 12.4 Å². The molecule has 3 rings (SSSR count). The summed E-state index contributed by atoms with van der Waals surface area (Å²) in [4.78, 5) is 15.6. The number of piperazine rings is 1. The van der Waals surface area contributed by atoms with Crippen LogP contribution in [0.25, 0.3) is 0 Å². The van der Waals surface area contributed by atoms with Crippen LogP contribution in [-0.4, -0.2) is 84.8 Å². The highest BCUT2D eigenvalue weighted by Crippen LogP contribution is 2.18. The maximum Gasteiger partial charge on any atom is 0.225 e. The molecular formula is C19H28ClN5O. The third-order valence-corrected chi connectivity index (χ3v) is 5.26. The molecule has 2 aliphatic heterocycles. The average Bonchev–Trinajstić information content (AvgIpc) is 2.69. The van der Waals surface area contributed by atoms with E-state index in [0.29, 0.717) is 11.6 Å². The number of piperidine rings is 1. The lowest BCUT2D eigenvalue weighted by Crippen LogP contribution is -2.46. The summed E-state index contributed by atoms with van der Waals surface area (Å²) in [6.07, 6.45) is 5.52. The van der Waals surface area contributed by atoms with E-state index in [2.05, 4.69) is 43.4 Å². The molecule has 3 heterocycles. The zero-order valence-corrected chi connectivity index (χ0v) is 16.3. The van der Waals surface area contributed by atoms with Crippen LogP contribution in [0.1, 0.15) is 19.8 Å². The number of likely N-dealkylation sites (N-methyl/N-ethyl adjacent to an activating group) is 1. The Morgan fingerprint density at radius 2 is 1.69 bits per heavy atom. The van der Waals surface area contributed by atoms with Gasteiger partial charge < -0.3 is 14.5 Å². The van der Waals surface area contributed by atoms with Crippen molar-refractivity contribution in [1.29, 1.82) is 0 Å². The fourth-order valence-electron chi connectivity index (χ4n) is 3.33. The van der Waals surface area contributed by atoms with E-state index >= 15 is 0 Å². The molecule has 2 aliphatic rings. The number of rotatable bonds is 5. The molecule has 0 bridgehead atoms. The molecule has 1 aromatic rings. The lowest BCUT2D eigenvalue weighted by molar-refractivity contribution is 0.0592. The molecule has 0 N–H and O–H groups in total. The molecule has 0 spiro atoms. The van der Waals surface area contributed by atoms with Crippen LogP contribution in [0.4, 0.5) is 5.95 Å². The molecule has 2 fully saturated rings. The number of hydrogen-bond acceptors (Lipinski definition) is 6. The molecule has 2 saturated heterocycles. The van der Waals surface area contributed by atoms with Gasteiger partial charge in [0.1, 0.15) is 6.61 Å². The predicted molar refractivity (Wildman–Crippen MR) is 105 cm³/mol. The molecule has 26 heavy (non-hydrogen) atoms. The van der Waals surface area contributed by atoms with Crippen LogP contribution in [0.5, 0.6) is 0 Å². The van der Waals surface area contributed by atoms with Gasteiger partial charge in [-0.15, -0.1) is 0 Å². The van der Waals surface area contributed by atoms with Crippen LogP contribution in [0.2, 0.25) is 5.02 Å². The summed E-state index contributed by atoms with van der Waals surface area (Å²) in [5.41, 5.74) is 0. The first-order chi connectivity index (χ1) is 12.7. The van der Waals surface area contributed by atoms with Crippen LogP contribution in [0.3, 0.4) is 0 Å². The van der Waals surface area contributed by atoms with Gasteiger partial charge in [0.05, 0.1) is 30.1 Å². The predicted octanol–water partition coefficient (Wildman–Crippen LogP) is 1.76. The number of anilines is 1. The molecule has 0 atom stereocenters. The molecular weight excluding hydrogens is 350 g/mol. The maximum atomic E-state index is 5.92. The Labute approximate surface area is 161 Å².